The van der Waals surface area contributed by atoms with Gasteiger partial charge in [-0.2, -0.15) is 4.98 Å². The zero-order valence-electron chi connectivity index (χ0n) is 10.9. The van der Waals surface area contributed by atoms with Crippen LogP contribution in [-0.4, -0.2) is 15.1 Å². The molecular formula is C13H10Cl2N4OS. The third-order valence-corrected chi connectivity index (χ3v) is 4.30. The van der Waals surface area contributed by atoms with E-state index in [9.17, 15) is 0 Å². The van der Waals surface area contributed by atoms with Gasteiger partial charge in [0.15, 0.2) is 5.13 Å². The van der Waals surface area contributed by atoms with Gasteiger partial charge in [-0.05, 0) is 24.6 Å². The molecule has 108 valence electrons. The standard InChI is InChI=1S/C13H10Cl2N4OS/c1-2-9-10(21-13(16)17-9)12-18-11(19-20-12)7-4-3-6(14)5-8(7)15/h3-5H,2H2,1H3,(H2,16,17). The Morgan fingerprint density at radius 2 is 2.10 bits per heavy atom. The fourth-order valence-electron chi connectivity index (χ4n) is 1.87. The number of aryl methyl sites for hydroxylation is 1. The van der Waals surface area contributed by atoms with Crippen molar-refractivity contribution in [3.63, 3.8) is 0 Å². The van der Waals surface area contributed by atoms with Crippen molar-refractivity contribution in [1.29, 1.82) is 0 Å². The number of nitrogens with zero attached hydrogens (tertiary/aromatic N) is 3. The van der Waals surface area contributed by atoms with Gasteiger partial charge >= 0.3 is 0 Å². The predicted octanol–water partition coefficient (Wildman–Crippen LogP) is 4.31. The van der Waals surface area contributed by atoms with Crippen molar-refractivity contribution in [3.8, 4) is 22.2 Å². The summed E-state index contributed by atoms with van der Waals surface area (Å²) in [4.78, 5) is 9.40. The quantitative estimate of drug-likeness (QED) is 0.768. The maximum atomic E-state index is 6.15. The van der Waals surface area contributed by atoms with Crippen molar-refractivity contribution >= 4 is 39.7 Å². The molecule has 0 atom stereocenters. The molecule has 0 amide bonds. The third kappa shape index (κ3) is 2.74. The number of nitrogens with two attached hydrogens (primary N) is 1. The third-order valence-electron chi connectivity index (χ3n) is 2.84. The summed E-state index contributed by atoms with van der Waals surface area (Å²) >= 11 is 13.3. The molecule has 8 heteroatoms. The van der Waals surface area contributed by atoms with E-state index in [1.807, 2.05) is 6.92 Å². The number of hydrogen-bond donors (Lipinski definition) is 1. The fourth-order valence-corrected chi connectivity index (χ4v) is 3.21. The number of nitrogen functional groups attached to an aromatic ring is 1. The van der Waals surface area contributed by atoms with Crippen LogP contribution in [0.2, 0.25) is 10.0 Å². The van der Waals surface area contributed by atoms with Crippen molar-refractivity contribution in [2.75, 3.05) is 5.73 Å². The van der Waals surface area contributed by atoms with Crippen LogP contribution < -0.4 is 5.73 Å². The summed E-state index contributed by atoms with van der Waals surface area (Å²) in [6.45, 7) is 1.99. The lowest BCUT2D eigenvalue weighted by Gasteiger charge is -1.98. The zero-order valence-corrected chi connectivity index (χ0v) is 13.3. The van der Waals surface area contributed by atoms with Crippen molar-refractivity contribution in [2.24, 2.45) is 0 Å². The fraction of sp³-hybridized carbons (Fsp3) is 0.154. The van der Waals surface area contributed by atoms with Gasteiger partial charge in [-0.15, -0.1) is 0 Å². The first-order valence-electron chi connectivity index (χ1n) is 6.13. The van der Waals surface area contributed by atoms with Gasteiger partial charge < -0.3 is 10.3 Å². The molecule has 0 aliphatic rings. The lowest BCUT2D eigenvalue weighted by atomic mass is 10.2. The number of thiazole rings is 1. The Bertz CT molecular complexity index is 799. The lowest BCUT2D eigenvalue weighted by molar-refractivity contribution is 0.433. The Hall–Kier alpha value is -1.63. The molecule has 2 heterocycles. The highest BCUT2D eigenvalue weighted by Crippen LogP contribution is 2.34. The van der Waals surface area contributed by atoms with E-state index in [1.165, 1.54) is 11.3 Å². The molecule has 0 fully saturated rings. The van der Waals surface area contributed by atoms with E-state index in [0.29, 0.717) is 32.5 Å². The normalized spacial score (nSPS) is 11.0. The molecule has 0 bridgehead atoms. The van der Waals surface area contributed by atoms with E-state index in [4.69, 9.17) is 33.5 Å². The van der Waals surface area contributed by atoms with Crippen LogP contribution in [0.1, 0.15) is 12.6 Å². The van der Waals surface area contributed by atoms with Gasteiger partial charge in [0.25, 0.3) is 5.89 Å². The van der Waals surface area contributed by atoms with Gasteiger partial charge in [0.1, 0.15) is 4.88 Å². The molecular weight excluding hydrogens is 331 g/mol. The molecule has 0 unspecified atom stereocenters. The van der Waals surface area contributed by atoms with E-state index in [0.717, 1.165) is 17.0 Å². The van der Waals surface area contributed by atoms with E-state index < -0.39 is 0 Å². The van der Waals surface area contributed by atoms with Gasteiger partial charge in [0.2, 0.25) is 5.82 Å². The van der Waals surface area contributed by atoms with Crippen LogP contribution in [0.15, 0.2) is 22.7 Å². The van der Waals surface area contributed by atoms with Crippen LogP contribution in [0.5, 0.6) is 0 Å². The molecule has 3 aromatic rings. The maximum Gasteiger partial charge on any atom is 0.270 e. The second-order valence-corrected chi connectivity index (χ2v) is 6.10. The second-order valence-electron chi connectivity index (χ2n) is 4.23. The van der Waals surface area contributed by atoms with Gasteiger partial charge in [-0.3, -0.25) is 0 Å². The Morgan fingerprint density at radius 1 is 1.29 bits per heavy atom. The first kappa shape index (κ1) is 14.3. The second kappa shape index (κ2) is 5.63. The maximum absolute atomic E-state index is 6.15. The summed E-state index contributed by atoms with van der Waals surface area (Å²) in [5.74, 6) is 0.794. The average molecular weight is 341 g/mol. The van der Waals surface area contributed by atoms with Crippen molar-refractivity contribution < 1.29 is 4.52 Å². The monoisotopic (exact) mass is 340 g/mol. The van der Waals surface area contributed by atoms with E-state index >= 15 is 0 Å². The van der Waals surface area contributed by atoms with E-state index in [1.54, 1.807) is 18.2 Å². The van der Waals surface area contributed by atoms with Crippen LogP contribution in [0, 0.1) is 0 Å². The Kier molecular flexibility index (Phi) is 3.84. The molecule has 0 spiro atoms. The minimum Gasteiger partial charge on any atom is -0.375 e. The molecule has 21 heavy (non-hydrogen) atoms. The molecule has 1 aromatic carbocycles. The minimum atomic E-state index is 0.391. The van der Waals surface area contributed by atoms with E-state index in [2.05, 4.69) is 15.1 Å². The highest BCUT2D eigenvalue weighted by molar-refractivity contribution is 7.18. The first-order chi connectivity index (χ1) is 10.1. The summed E-state index contributed by atoms with van der Waals surface area (Å²) in [5, 5.41) is 5.46. The summed E-state index contributed by atoms with van der Waals surface area (Å²) in [7, 11) is 0. The van der Waals surface area contributed by atoms with Gasteiger partial charge in [0, 0.05) is 10.6 Å². The van der Waals surface area contributed by atoms with Crippen LogP contribution in [0.25, 0.3) is 22.2 Å². The summed E-state index contributed by atoms with van der Waals surface area (Å²) in [6.07, 6.45) is 0.739. The van der Waals surface area contributed by atoms with Crippen molar-refractivity contribution in [1.82, 2.24) is 15.1 Å². The van der Waals surface area contributed by atoms with Crippen LogP contribution in [0.4, 0.5) is 5.13 Å². The highest BCUT2D eigenvalue weighted by atomic mass is 35.5. The minimum absolute atomic E-state index is 0.391. The van der Waals surface area contributed by atoms with Crippen LogP contribution in [-0.2, 0) is 6.42 Å². The molecule has 2 aromatic heterocycles. The molecule has 5 nitrogen and oxygen atoms in total. The number of rotatable bonds is 3. The molecule has 0 saturated heterocycles. The van der Waals surface area contributed by atoms with Crippen LogP contribution >= 0.6 is 34.5 Å². The lowest BCUT2D eigenvalue weighted by Crippen LogP contribution is -1.86. The molecule has 0 radical (unpaired) electrons. The Labute approximate surface area is 134 Å². The Balaban J connectivity index is 2.03. The first-order valence-corrected chi connectivity index (χ1v) is 7.70. The van der Waals surface area contributed by atoms with E-state index in [-0.39, 0.29) is 0 Å². The number of benzene rings is 1. The molecule has 0 aliphatic heterocycles. The summed E-state index contributed by atoms with van der Waals surface area (Å²) in [5.41, 5.74) is 7.23. The topological polar surface area (TPSA) is 77.8 Å². The SMILES string of the molecule is CCc1nc(N)sc1-c1nc(-c2ccc(Cl)cc2Cl)no1. The number of anilines is 1. The number of aromatic nitrogens is 3. The predicted molar refractivity (Wildman–Crippen MR) is 84.7 cm³/mol. The van der Waals surface area contributed by atoms with Gasteiger partial charge in [-0.25, -0.2) is 4.98 Å². The summed E-state index contributed by atoms with van der Waals surface area (Å²) in [6, 6.07) is 5.11. The van der Waals surface area contributed by atoms with Crippen molar-refractivity contribution in [3.05, 3.63) is 33.9 Å². The average Bonchev–Trinajstić information content (AvgIpc) is 3.04. The van der Waals surface area contributed by atoms with Crippen molar-refractivity contribution in [2.45, 2.75) is 13.3 Å². The number of hydrogen-bond acceptors (Lipinski definition) is 6. The summed E-state index contributed by atoms with van der Waals surface area (Å²) < 4.78 is 5.31. The smallest absolute Gasteiger partial charge is 0.270 e. The van der Waals surface area contributed by atoms with Crippen LogP contribution in [0.3, 0.4) is 0 Å². The molecule has 0 aliphatic carbocycles. The van der Waals surface area contributed by atoms with Gasteiger partial charge in [-0.1, -0.05) is 46.6 Å². The number of halogens is 2. The highest BCUT2D eigenvalue weighted by Gasteiger charge is 2.18. The zero-order chi connectivity index (χ0) is 15.0. The molecule has 0 saturated carbocycles. The molecule has 3 rings (SSSR count). The van der Waals surface area contributed by atoms with Gasteiger partial charge in [0.05, 0.1) is 10.7 Å². The largest absolute Gasteiger partial charge is 0.375 e. The molecule has 2 N–H and O–H groups in total. The Morgan fingerprint density at radius 3 is 2.81 bits per heavy atom.